The fourth-order valence-corrected chi connectivity index (χ4v) is 1.59. The van der Waals surface area contributed by atoms with E-state index in [0.717, 1.165) is 13.1 Å². The van der Waals surface area contributed by atoms with E-state index in [0.29, 0.717) is 19.0 Å². The third kappa shape index (κ3) is 1.73. The number of hydrogen-bond donors (Lipinski definition) is 1. The second kappa shape index (κ2) is 3.98. The lowest BCUT2D eigenvalue weighted by molar-refractivity contribution is 0.122. The molecule has 6 heteroatoms. The van der Waals surface area contributed by atoms with E-state index in [9.17, 15) is 4.79 Å². The van der Waals surface area contributed by atoms with Gasteiger partial charge >= 0.3 is 0 Å². The summed E-state index contributed by atoms with van der Waals surface area (Å²) >= 11 is 5.84. The zero-order chi connectivity index (χ0) is 9.97. The summed E-state index contributed by atoms with van der Waals surface area (Å²) in [5.41, 5.74) is -0.303. The van der Waals surface area contributed by atoms with Gasteiger partial charge in [-0.25, -0.2) is 4.98 Å². The largest absolute Gasteiger partial charge is 0.378 e. The molecule has 2 rings (SSSR count). The summed E-state index contributed by atoms with van der Waals surface area (Å²) in [7, 11) is 0. The van der Waals surface area contributed by atoms with Gasteiger partial charge in [0.15, 0.2) is 5.82 Å². The summed E-state index contributed by atoms with van der Waals surface area (Å²) in [5.74, 6) is 0.540. The normalized spacial score (nSPS) is 17.1. The van der Waals surface area contributed by atoms with Gasteiger partial charge in [-0.05, 0) is 0 Å². The van der Waals surface area contributed by atoms with Crippen molar-refractivity contribution in [3.63, 3.8) is 0 Å². The summed E-state index contributed by atoms with van der Waals surface area (Å²) in [6, 6.07) is 0. The van der Waals surface area contributed by atoms with Crippen molar-refractivity contribution in [3.05, 3.63) is 21.7 Å². The highest BCUT2D eigenvalue weighted by Crippen LogP contribution is 2.18. The van der Waals surface area contributed by atoms with E-state index in [1.807, 2.05) is 4.90 Å². The highest BCUT2D eigenvalue weighted by molar-refractivity contribution is 6.32. The van der Waals surface area contributed by atoms with Crippen LogP contribution in [0.5, 0.6) is 0 Å². The van der Waals surface area contributed by atoms with Crippen molar-refractivity contribution in [1.82, 2.24) is 9.97 Å². The Hall–Kier alpha value is -1.07. The molecule has 2 heterocycles. The zero-order valence-electron chi connectivity index (χ0n) is 7.49. The smallest absolute Gasteiger partial charge is 0.271 e. The molecule has 1 saturated heterocycles. The van der Waals surface area contributed by atoms with Gasteiger partial charge in [0, 0.05) is 13.1 Å². The Morgan fingerprint density at radius 1 is 1.50 bits per heavy atom. The van der Waals surface area contributed by atoms with Crippen LogP contribution in [0.2, 0.25) is 5.02 Å². The van der Waals surface area contributed by atoms with E-state index in [1.54, 1.807) is 0 Å². The predicted molar refractivity (Wildman–Crippen MR) is 52.9 cm³/mol. The minimum Gasteiger partial charge on any atom is -0.378 e. The van der Waals surface area contributed by atoms with Gasteiger partial charge in [-0.2, -0.15) is 0 Å². The number of nitrogens with one attached hydrogen (secondary N) is 1. The van der Waals surface area contributed by atoms with Crippen LogP contribution in [0, 0.1) is 0 Å². The molecule has 0 aromatic carbocycles. The fraction of sp³-hybridized carbons (Fsp3) is 0.500. The predicted octanol–water partition coefficient (Wildman–Crippen LogP) is 0.260. The first-order valence-corrected chi connectivity index (χ1v) is 4.72. The van der Waals surface area contributed by atoms with E-state index in [-0.39, 0.29) is 10.6 Å². The number of nitrogens with zero attached hydrogens (tertiary/aromatic N) is 2. The van der Waals surface area contributed by atoms with Crippen LogP contribution in [0.4, 0.5) is 5.82 Å². The molecule has 0 bridgehead atoms. The van der Waals surface area contributed by atoms with Gasteiger partial charge in [-0.15, -0.1) is 0 Å². The highest BCUT2D eigenvalue weighted by atomic mass is 35.5. The van der Waals surface area contributed by atoms with Crippen molar-refractivity contribution in [3.8, 4) is 0 Å². The molecule has 14 heavy (non-hydrogen) atoms. The molecular weight excluding hydrogens is 206 g/mol. The first kappa shape index (κ1) is 9.48. The number of aromatic amines is 1. The summed E-state index contributed by atoms with van der Waals surface area (Å²) in [4.78, 5) is 19.6. The molecule has 0 aliphatic carbocycles. The van der Waals surface area contributed by atoms with Crippen molar-refractivity contribution >= 4 is 17.4 Å². The Bertz CT molecular complexity index is 373. The lowest BCUT2D eigenvalue weighted by atomic mass is 10.4. The van der Waals surface area contributed by atoms with Crippen LogP contribution >= 0.6 is 11.6 Å². The second-order valence-electron chi connectivity index (χ2n) is 2.97. The van der Waals surface area contributed by atoms with Crippen molar-refractivity contribution < 1.29 is 4.74 Å². The van der Waals surface area contributed by atoms with Gasteiger partial charge in [0.1, 0.15) is 5.02 Å². The summed E-state index contributed by atoms with van der Waals surface area (Å²) in [6.07, 6.45) is 1.36. The van der Waals surface area contributed by atoms with Gasteiger partial charge in [-0.1, -0.05) is 11.6 Å². The van der Waals surface area contributed by atoms with Crippen molar-refractivity contribution in [2.75, 3.05) is 31.2 Å². The Kier molecular flexibility index (Phi) is 2.69. The molecule has 1 N–H and O–H groups in total. The van der Waals surface area contributed by atoms with Crippen LogP contribution in [0.3, 0.4) is 0 Å². The number of H-pyrrole nitrogens is 1. The van der Waals surface area contributed by atoms with Gasteiger partial charge < -0.3 is 14.6 Å². The maximum Gasteiger partial charge on any atom is 0.271 e. The van der Waals surface area contributed by atoms with Crippen LogP contribution in [0.15, 0.2) is 11.1 Å². The number of halogens is 1. The van der Waals surface area contributed by atoms with Crippen molar-refractivity contribution in [1.29, 1.82) is 0 Å². The Morgan fingerprint density at radius 2 is 2.21 bits per heavy atom. The topological polar surface area (TPSA) is 58.2 Å². The monoisotopic (exact) mass is 215 g/mol. The van der Waals surface area contributed by atoms with Crippen LogP contribution in [-0.2, 0) is 4.74 Å². The first-order chi connectivity index (χ1) is 6.79. The fourth-order valence-electron chi connectivity index (χ4n) is 1.37. The summed E-state index contributed by atoms with van der Waals surface area (Å²) in [6.45, 7) is 2.72. The third-order valence-corrected chi connectivity index (χ3v) is 2.43. The number of morpholine rings is 1. The van der Waals surface area contributed by atoms with Gasteiger partial charge in [0.2, 0.25) is 0 Å². The quantitative estimate of drug-likeness (QED) is 0.730. The summed E-state index contributed by atoms with van der Waals surface area (Å²) < 4.78 is 5.19. The van der Waals surface area contributed by atoms with Gasteiger partial charge in [-0.3, -0.25) is 4.79 Å². The molecule has 0 saturated carbocycles. The maximum absolute atomic E-state index is 11.2. The van der Waals surface area contributed by atoms with Crippen LogP contribution in [0.1, 0.15) is 0 Å². The molecular formula is C8H10ClN3O2. The SMILES string of the molecule is O=c1[nH]cnc(N2CCOCC2)c1Cl. The average molecular weight is 216 g/mol. The molecule has 0 atom stereocenters. The lowest BCUT2D eigenvalue weighted by Gasteiger charge is -2.27. The molecule has 1 aromatic rings. The Balaban J connectivity index is 2.30. The van der Waals surface area contributed by atoms with Gasteiger partial charge in [0.05, 0.1) is 19.5 Å². The minimum atomic E-state index is -0.303. The second-order valence-corrected chi connectivity index (χ2v) is 3.35. The number of rotatable bonds is 1. The first-order valence-electron chi connectivity index (χ1n) is 4.35. The number of aromatic nitrogens is 2. The molecule has 76 valence electrons. The maximum atomic E-state index is 11.2. The van der Waals surface area contributed by atoms with Gasteiger partial charge in [0.25, 0.3) is 5.56 Å². The summed E-state index contributed by atoms with van der Waals surface area (Å²) in [5, 5.41) is 0.148. The molecule has 0 unspecified atom stereocenters. The number of hydrogen-bond acceptors (Lipinski definition) is 4. The molecule has 1 aliphatic heterocycles. The molecule has 1 fully saturated rings. The number of ether oxygens (including phenoxy) is 1. The van der Waals surface area contributed by atoms with Crippen LogP contribution in [0.25, 0.3) is 0 Å². The third-order valence-electron chi connectivity index (χ3n) is 2.09. The zero-order valence-corrected chi connectivity index (χ0v) is 8.25. The Labute approximate surface area is 85.7 Å². The molecule has 5 nitrogen and oxygen atoms in total. The van der Waals surface area contributed by atoms with Crippen LogP contribution in [-0.4, -0.2) is 36.3 Å². The molecule has 0 amide bonds. The molecule has 1 aromatic heterocycles. The molecule has 0 radical (unpaired) electrons. The van der Waals surface area contributed by atoms with Crippen LogP contribution < -0.4 is 10.5 Å². The minimum absolute atomic E-state index is 0.148. The van der Waals surface area contributed by atoms with Crippen molar-refractivity contribution in [2.45, 2.75) is 0 Å². The van der Waals surface area contributed by atoms with E-state index < -0.39 is 0 Å². The van der Waals surface area contributed by atoms with E-state index in [2.05, 4.69) is 9.97 Å². The molecule has 0 spiro atoms. The average Bonchev–Trinajstić information content (AvgIpc) is 2.23. The molecule has 1 aliphatic rings. The van der Waals surface area contributed by atoms with E-state index >= 15 is 0 Å². The lowest BCUT2D eigenvalue weighted by Crippen LogP contribution is -2.37. The van der Waals surface area contributed by atoms with E-state index in [4.69, 9.17) is 16.3 Å². The Morgan fingerprint density at radius 3 is 2.93 bits per heavy atom. The highest BCUT2D eigenvalue weighted by Gasteiger charge is 2.16. The van der Waals surface area contributed by atoms with Crippen molar-refractivity contribution in [2.24, 2.45) is 0 Å². The standard InChI is InChI=1S/C8H10ClN3O2/c9-6-7(10-5-11-8(6)13)12-1-3-14-4-2-12/h5H,1-4H2,(H,10,11,13). The number of anilines is 1. The van der Waals surface area contributed by atoms with E-state index in [1.165, 1.54) is 6.33 Å².